The molecule has 0 unspecified atom stereocenters. The summed E-state index contributed by atoms with van der Waals surface area (Å²) in [6, 6.07) is 9.14. The second-order valence-corrected chi connectivity index (χ2v) is 12.1. The van der Waals surface area contributed by atoms with Gasteiger partial charge >= 0.3 is 0 Å². The van der Waals surface area contributed by atoms with Crippen LogP contribution in [0.3, 0.4) is 0 Å². The van der Waals surface area contributed by atoms with Crippen molar-refractivity contribution in [1.82, 2.24) is 0 Å². The fraction of sp³-hybridized carbons (Fsp3) is 0.750. The van der Waals surface area contributed by atoms with Crippen molar-refractivity contribution < 1.29 is 8.78 Å². The summed E-state index contributed by atoms with van der Waals surface area (Å²) < 4.78 is 26.6. The van der Waals surface area contributed by atoms with Gasteiger partial charge in [-0.1, -0.05) is 76.1 Å². The highest BCUT2D eigenvalue weighted by Gasteiger charge is 2.26. The Morgan fingerprint density at radius 1 is 0.852 bits per heavy atom. The van der Waals surface area contributed by atoms with E-state index in [9.17, 15) is 8.78 Å². The highest BCUT2D eigenvalue weighted by atomic mass is 28.3. The van der Waals surface area contributed by atoms with Gasteiger partial charge in [0.1, 0.15) is 0 Å². The summed E-state index contributed by atoms with van der Waals surface area (Å²) in [6.45, 7) is 2.30. The van der Waals surface area contributed by atoms with Crippen LogP contribution in [0.25, 0.3) is 0 Å². The third-order valence-corrected chi connectivity index (χ3v) is 10.2. The molecule has 2 fully saturated rings. The second kappa shape index (κ2) is 10.7. The lowest BCUT2D eigenvalue weighted by Crippen LogP contribution is -2.23. The summed E-state index contributed by atoms with van der Waals surface area (Å²) in [5, 5.41) is 0. The SMILES string of the molecule is CCCCCC1CC[Si](CCC2CCC(c3ccc(F)c(F)c3)CC2)CC1. The highest BCUT2D eigenvalue weighted by Crippen LogP contribution is 2.39. The maximum absolute atomic E-state index is 13.5. The van der Waals surface area contributed by atoms with E-state index in [1.807, 2.05) is 0 Å². The molecule has 151 valence electrons. The molecule has 1 aromatic carbocycles. The Labute approximate surface area is 166 Å². The molecule has 1 aliphatic carbocycles. The number of unbranched alkanes of at least 4 members (excludes halogenated alkanes) is 2. The fourth-order valence-corrected chi connectivity index (χ4v) is 8.47. The summed E-state index contributed by atoms with van der Waals surface area (Å²) in [4.78, 5) is 0. The van der Waals surface area contributed by atoms with Gasteiger partial charge in [0.2, 0.25) is 0 Å². The quantitative estimate of drug-likeness (QED) is 0.310. The average Bonchev–Trinajstić information content (AvgIpc) is 2.70. The van der Waals surface area contributed by atoms with Crippen LogP contribution in [0.2, 0.25) is 18.1 Å². The van der Waals surface area contributed by atoms with E-state index < -0.39 is 11.6 Å². The van der Waals surface area contributed by atoms with Gasteiger partial charge in [0.15, 0.2) is 11.6 Å². The Bertz CT molecular complexity index is 557. The van der Waals surface area contributed by atoms with Crippen molar-refractivity contribution in [2.45, 2.75) is 102 Å². The Morgan fingerprint density at radius 3 is 2.22 bits per heavy atom. The van der Waals surface area contributed by atoms with Gasteiger partial charge in [-0.05, 0) is 61.1 Å². The molecule has 1 saturated heterocycles. The van der Waals surface area contributed by atoms with Gasteiger partial charge in [-0.15, -0.1) is 0 Å². The van der Waals surface area contributed by atoms with E-state index in [2.05, 4.69) is 6.92 Å². The summed E-state index contributed by atoms with van der Waals surface area (Å²) in [7, 11) is -0.0759. The van der Waals surface area contributed by atoms with Crippen molar-refractivity contribution in [2.75, 3.05) is 0 Å². The molecule has 0 spiro atoms. The predicted molar refractivity (Wildman–Crippen MR) is 113 cm³/mol. The third kappa shape index (κ3) is 6.41. The zero-order valence-corrected chi connectivity index (χ0v) is 18.1. The fourth-order valence-electron chi connectivity index (χ4n) is 5.27. The van der Waals surface area contributed by atoms with E-state index in [1.54, 1.807) is 18.2 Å². The first-order valence-corrected chi connectivity index (χ1v) is 13.6. The molecule has 3 rings (SSSR count). The minimum Gasteiger partial charge on any atom is -0.204 e. The molecule has 1 aromatic rings. The Kier molecular flexibility index (Phi) is 8.36. The molecule has 0 nitrogen and oxygen atoms in total. The Balaban J connectivity index is 1.32. The summed E-state index contributed by atoms with van der Waals surface area (Å²) >= 11 is 0. The van der Waals surface area contributed by atoms with Gasteiger partial charge in [0.05, 0.1) is 0 Å². The minimum absolute atomic E-state index is 0.0759. The van der Waals surface area contributed by atoms with Gasteiger partial charge in [-0.25, -0.2) is 8.78 Å². The lowest BCUT2D eigenvalue weighted by atomic mass is 9.78. The molecule has 1 saturated carbocycles. The van der Waals surface area contributed by atoms with Gasteiger partial charge in [0, 0.05) is 8.80 Å². The van der Waals surface area contributed by atoms with Gasteiger partial charge in [0.25, 0.3) is 0 Å². The molecule has 0 amide bonds. The van der Waals surface area contributed by atoms with Crippen LogP contribution in [0.4, 0.5) is 8.78 Å². The number of benzene rings is 1. The van der Waals surface area contributed by atoms with Crippen molar-refractivity contribution in [1.29, 1.82) is 0 Å². The molecule has 1 aliphatic heterocycles. The first kappa shape index (κ1) is 21.0. The van der Waals surface area contributed by atoms with Crippen LogP contribution >= 0.6 is 0 Å². The van der Waals surface area contributed by atoms with E-state index in [1.165, 1.54) is 76.0 Å². The molecule has 3 heteroatoms. The second-order valence-electron chi connectivity index (χ2n) is 9.12. The summed E-state index contributed by atoms with van der Waals surface area (Å²) in [6.07, 6.45) is 15.0. The molecule has 2 aliphatic rings. The first-order chi connectivity index (χ1) is 13.2. The van der Waals surface area contributed by atoms with Crippen LogP contribution in [-0.2, 0) is 0 Å². The summed E-state index contributed by atoms with van der Waals surface area (Å²) in [5.41, 5.74) is 1.00. The summed E-state index contributed by atoms with van der Waals surface area (Å²) in [5.74, 6) is 0.938. The van der Waals surface area contributed by atoms with Crippen LogP contribution in [-0.4, -0.2) is 8.80 Å². The van der Waals surface area contributed by atoms with Gasteiger partial charge in [-0.3, -0.25) is 0 Å². The van der Waals surface area contributed by atoms with Crippen LogP contribution < -0.4 is 0 Å². The zero-order valence-electron chi connectivity index (χ0n) is 17.1. The third-order valence-electron chi connectivity index (χ3n) is 7.20. The molecule has 1 radical (unpaired) electrons. The van der Waals surface area contributed by atoms with E-state index >= 15 is 0 Å². The molecule has 27 heavy (non-hydrogen) atoms. The topological polar surface area (TPSA) is 0 Å². The van der Waals surface area contributed by atoms with E-state index in [-0.39, 0.29) is 8.80 Å². The Morgan fingerprint density at radius 2 is 1.56 bits per heavy atom. The molecule has 0 N–H and O–H groups in total. The van der Waals surface area contributed by atoms with Gasteiger partial charge < -0.3 is 0 Å². The molecular weight excluding hydrogens is 354 g/mol. The van der Waals surface area contributed by atoms with Crippen LogP contribution in [0.5, 0.6) is 0 Å². The lowest BCUT2D eigenvalue weighted by molar-refractivity contribution is 0.316. The maximum Gasteiger partial charge on any atom is 0.159 e. The predicted octanol–water partition coefficient (Wildman–Crippen LogP) is 8.11. The maximum atomic E-state index is 13.5. The van der Waals surface area contributed by atoms with E-state index in [0.29, 0.717) is 5.92 Å². The van der Waals surface area contributed by atoms with E-state index in [0.717, 1.165) is 30.2 Å². The number of rotatable bonds is 8. The molecule has 1 heterocycles. The van der Waals surface area contributed by atoms with Crippen LogP contribution in [0, 0.1) is 23.5 Å². The van der Waals surface area contributed by atoms with Crippen molar-refractivity contribution >= 4 is 8.80 Å². The van der Waals surface area contributed by atoms with Gasteiger partial charge in [-0.2, -0.15) is 0 Å². The Hall–Kier alpha value is -0.703. The normalized spacial score (nSPS) is 25.0. The number of hydrogen-bond donors (Lipinski definition) is 0. The molecule has 0 atom stereocenters. The minimum atomic E-state index is -0.726. The number of hydrogen-bond acceptors (Lipinski definition) is 0. The van der Waals surface area contributed by atoms with Crippen molar-refractivity contribution in [3.8, 4) is 0 Å². The molecule has 0 aromatic heterocycles. The lowest BCUT2D eigenvalue weighted by Gasteiger charge is -2.31. The molecular formula is C24H37F2Si. The van der Waals surface area contributed by atoms with Crippen LogP contribution in [0.15, 0.2) is 18.2 Å². The van der Waals surface area contributed by atoms with E-state index in [4.69, 9.17) is 0 Å². The van der Waals surface area contributed by atoms with Crippen molar-refractivity contribution in [3.63, 3.8) is 0 Å². The molecule has 0 bridgehead atoms. The average molecular weight is 392 g/mol. The highest BCUT2D eigenvalue weighted by molar-refractivity contribution is 6.58. The first-order valence-electron chi connectivity index (χ1n) is 11.4. The number of halogens is 2. The van der Waals surface area contributed by atoms with Crippen LogP contribution in [0.1, 0.15) is 89.0 Å². The monoisotopic (exact) mass is 391 g/mol. The standard InChI is InChI=1S/C24H37F2Si/c1-2-3-4-5-19-12-15-27(16-13-19)17-14-20-6-8-21(9-7-20)22-10-11-23(25)24(26)18-22/h10-11,18-21H,2-9,12-17H2,1H3. The van der Waals surface area contributed by atoms with Crippen molar-refractivity contribution in [3.05, 3.63) is 35.4 Å². The van der Waals surface area contributed by atoms with Crippen molar-refractivity contribution in [2.24, 2.45) is 11.8 Å². The zero-order chi connectivity index (χ0) is 19.1. The smallest absolute Gasteiger partial charge is 0.159 e. The largest absolute Gasteiger partial charge is 0.204 e.